The number of benzene rings is 1. The number of nitrogens with zero attached hydrogens (tertiary/aromatic N) is 2. The van der Waals surface area contributed by atoms with Crippen LogP contribution in [0.1, 0.15) is 12.5 Å². The third-order valence-corrected chi connectivity index (χ3v) is 3.83. The second-order valence-corrected chi connectivity index (χ2v) is 5.56. The van der Waals surface area contributed by atoms with E-state index in [2.05, 4.69) is 10.3 Å². The molecule has 1 aromatic carbocycles. The first-order valence-electron chi connectivity index (χ1n) is 7.88. The van der Waals surface area contributed by atoms with Crippen molar-refractivity contribution >= 4 is 34.9 Å². The number of para-hydroxylation sites is 1. The summed E-state index contributed by atoms with van der Waals surface area (Å²) in [6.07, 6.45) is 3.49. The molecule has 128 valence electrons. The van der Waals surface area contributed by atoms with Crippen LogP contribution >= 0.6 is 0 Å². The summed E-state index contributed by atoms with van der Waals surface area (Å²) in [5.74, 6) is -1.20. The highest BCUT2D eigenvalue weighted by atomic mass is 16.5. The molecule has 0 radical (unpaired) electrons. The summed E-state index contributed by atoms with van der Waals surface area (Å²) in [5.41, 5.74) is 1.54. The van der Waals surface area contributed by atoms with E-state index in [4.69, 9.17) is 4.74 Å². The maximum absolute atomic E-state index is 12.1. The number of ether oxygens (including phenoxy) is 1. The highest BCUT2D eigenvalue weighted by molar-refractivity contribution is 5.99. The predicted octanol–water partition coefficient (Wildman–Crippen LogP) is 1.73. The number of nitrogens with one attached hydrogen (secondary N) is 1. The molecular formula is C18H17N3O4. The fourth-order valence-corrected chi connectivity index (χ4v) is 2.59. The average Bonchev–Trinajstić information content (AvgIpc) is 3.05. The number of imide groups is 1. The fourth-order valence-electron chi connectivity index (χ4n) is 2.59. The lowest BCUT2D eigenvalue weighted by molar-refractivity contribution is -0.153. The van der Waals surface area contributed by atoms with Crippen molar-refractivity contribution < 1.29 is 19.1 Å². The van der Waals surface area contributed by atoms with Crippen molar-refractivity contribution in [2.45, 2.75) is 13.0 Å². The molecule has 0 bridgehead atoms. The van der Waals surface area contributed by atoms with Gasteiger partial charge in [-0.05, 0) is 19.1 Å². The van der Waals surface area contributed by atoms with Gasteiger partial charge in [-0.3, -0.25) is 14.7 Å². The van der Waals surface area contributed by atoms with Gasteiger partial charge in [-0.1, -0.05) is 24.3 Å². The van der Waals surface area contributed by atoms with Gasteiger partial charge in [0.25, 0.3) is 5.91 Å². The summed E-state index contributed by atoms with van der Waals surface area (Å²) < 4.78 is 5.09. The van der Waals surface area contributed by atoms with Gasteiger partial charge in [0, 0.05) is 36.3 Å². The first-order chi connectivity index (χ1) is 12.1. The molecule has 1 aliphatic rings. The van der Waals surface area contributed by atoms with Gasteiger partial charge in [-0.15, -0.1) is 0 Å². The van der Waals surface area contributed by atoms with E-state index in [0.29, 0.717) is 6.54 Å². The second-order valence-electron chi connectivity index (χ2n) is 5.56. The van der Waals surface area contributed by atoms with Crippen LogP contribution in [0.5, 0.6) is 0 Å². The summed E-state index contributed by atoms with van der Waals surface area (Å²) in [4.78, 5) is 40.9. The molecule has 1 aromatic heterocycles. The van der Waals surface area contributed by atoms with Crippen LogP contribution in [0.4, 0.5) is 4.79 Å². The zero-order valence-corrected chi connectivity index (χ0v) is 13.6. The molecule has 3 rings (SSSR count). The van der Waals surface area contributed by atoms with E-state index in [1.807, 2.05) is 30.3 Å². The Morgan fingerprint density at radius 2 is 2.12 bits per heavy atom. The first-order valence-corrected chi connectivity index (χ1v) is 7.88. The molecular weight excluding hydrogens is 322 g/mol. The molecule has 0 saturated carbocycles. The summed E-state index contributed by atoms with van der Waals surface area (Å²) in [6.45, 7) is 2.12. The quantitative estimate of drug-likeness (QED) is 0.677. The molecule has 2 heterocycles. The summed E-state index contributed by atoms with van der Waals surface area (Å²) in [6, 6.07) is 8.94. The Hall–Kier alpha value is -3.22. The van der Waals surface area contributed by atoms with E-state index in [-0.39, 0.29) is 6.54 Å². The number of aromatic nitrogens is 1. The van der Waals surface area contributed by atoms with Gasteiger partial charge < -0.3 is 10.1 Å². The van der Waals surface area contributed by atoms with Crippen molar-refractivity contribution in [1.29, 1.82) is 0 Å². The van der Waals surface area contributed by atoms with Crippen LogP contribution in [0.2, 0.25) is 0 Å². The summed E-state index contributed by atoms with van der Waals surface area (Å²) in [7, 11) is 0. The highest BCUT2D eigenvalue weighted by Crippen LogP contribution is 2.17. The van der Waals surface area contributed by atoms with Gasteiger partial charge in [-0.25, -0.2) is 9.59 Å². The van der Waals surface area contributed by atoms with Crippen molar-refractivity contribution in [3.63, 3.8) is 0 Å². The maximum Gasteiger partial charge on any atom is 0.331 e. The van der Waals surface area contributed by atoms with Crippen LogP contribution in [-0.4, -0.2) is 47.0 Å². The Bertz CT molecular complexity index is 857. The number of hydrogen-bond acceptors (Lipinski definition) is 5. The molecule has 1 N–H and O–H groups in total. The van der Waals surface area contributed by atoms with Gasteiger partial charge in [-0.2, -0.15) is 0 Å². The van der Waals surface area contributed by atoms with Gasteiger partial charge >= 0.3 is 12.0 Å². The third-order valence-electron chi connectivity index (χ3n) is 3.83. The molecule has 0 spiro atoms. The lowest BCUT2D eigenvalue weighted by Crippen LogP contribution is -2.41. The van der Waals surface area contributed by atoms with Gasteiger partial charge in [0.05, 0.1) is 5.52 Å². The smallest absolute Gasteiger partial charge is 0.331 e. The number of carbonyl (C=O) groups excluding carboxylic acids is 3. The topological polar surface area (TPSA) is 88.6 Å². The van der Waals surface area contributed by atoms with E-state index in [9.17, 15) is 14.4 Å². The average molecular weight is 339 g/mol. The Balaban J connectivity index is 1.66. The maximum atomic E-state index is 12.1. The van der Waals surface area contributed by atoms with Crippen molar-refractivity contribution in [2.24, 2.45) is 0 Å². The SMILES string of the molecule is CC(OC(=O)C=Cc1cccc2cccnc12)C(=O)N1CCNC1=O. The fraction of sp³-hybridized carbons (Fsp3) is 0.222. The molecule has 25 heavy (non-hydrogen) atoms. The molecule has 1 fully saturated rings. The Morgan fingerprint density at radius 3 is 2.88 bits per heavy atom. The van der Waals surface area contributed by atoms with E-state index >= 15 is 0 Å². The van der Waals surface area contributed by atoms with Crippen molar-refractivity contribution in [2.75, 3.05) is 13.1 Å². The van der Waals surface area contributed by atoms with Gasteiger partial charge in [0.15, 0.2) is 6.10 Å². The van der Waals surface area contributed by atoms with Crippen LogP contribution < -0.4 is 5.32 Å². The van der Waals surface area contributed by atoms with Crippen LogP contribution in [0, 0.1) is 0 Å². The normalized spacial score (nSPS) is 15.4. The Morgan fingerprint density at radius 1 is 1.32 bits per heavy atom. The zero-order chi connectivity index (χ0) is 17.8. The number of hydrogen-bond donors (Lipinski definition) is 1. The summed E-state index contributed by atoms with van der Waals surface area (Å²) in [5, 5.41) is 3.49. The van der Waals surface area contributed by atoms with Crippen molar-refractivity contribution in [3.05, 3.63) is 48.2 Å². The molecule has 1 saturated heterocycles. The molecule has 1 atom stereocenters. The van der Waals surface area contributed by atoms with Crippen molar-refractivity contribution in [1.82, 2.24) is 15.2 Å². The molecule has 7 heteroatoms. The number of fused-ring (bicyclic) bond motifs is 1. The van der Waals surface area contributed by atoms with Crippen LogP contribution in [0.15, 0.2) is 42.6 Å². The van der Waals surface area contributed by atoms with Crippen LogP contribution in [0.3, 0.4) is 0 Å². The van der Waals surface area contributed by atoms with E-state index in [1.165, 1.54) is 13.0 Å². The van der Waals surface area contributed by atoms with E-state index < -0.39 is 24.0 Å². The minimum atomic E-state index is -1.04. The standard InChI is InChI=1S/C18H17N3O4/c1-12(17(23)21-11-10-20-18(21)24)25-15(22)8-7-14-5-2-4-13-6-3-9-19-16(13)14/h2-9,12H,10-11H2,1H3,(H,20,24). The molecule has 1 unspecified atom stereocenters. The number of rotatable bonds is 4. The van der Waals surface area contributed by atoms with Crippen LogP contribution in [0.25, 0.3) is 17.0 Å². The number of pyridine rings is 1. The number of amides is 3. The molecule has 1 aliphatic heterocycles. The van der Waals surface area contributed by atoms with E-state index in [1.54, 1.807) is 12.3 Å². The lowest BCUT2D eigenvalue weighted by Gasteiger charge is -2.17. The third kappa shape index (κ3) is 3.65. The summed E-state index contributed by atoms with van der Waals surface area (Å²) >= 11 is 0. The number of esters is 1. The van der Waals surface area contributed by atoms with Gasteiger partial charge in [0.2, 0.25) is 0 Å². The van der Waals surface area contributed by atoms with Crippen LogP contribution in [-0.2, 0) is 14.3 Å². The largest absolute Gasteiger partial charge is 0.449 e. The highest BCUT2D eigenvalue weighted by Gasteiger charge is 2.31. The van der Waals surface area contributed by atoms with Gasteiger partial charge in [0.1, 0.15) is 0 Å². The second kappa shape index (κ2) is 7.12. The minimum Gasteiger partial charge on any atom is -0.449 e. The minimum absolute atomic E-state index is 0.275. The monoisotopic (exact) mass is 339 g/mol. The lowest BCUT2D eigenvalue weighted by atomic mass is 10.1. The molecule has 2 aromatic rings. The van der Waals surface area contributed by atoms with Crippen molar-refractivity contribution in [3.8, 4) is 0 Å². The number of carbonyl (C=O) groups is 3. The first kappa shape index (κ1) is 16.6. The molecule has 7 nitrogen and oxygen atoms in total. The Labute approximate surface area is 144 Å². The molecule has 3 amide bonds. The zero-order valence-electron chi connectivity index (χ0n) is 13.6. The molecule has 0 aliphatic carbocycles. The Kier molecular flexibility index (Phi) is 4.74. The predicted molar refractivity (Wildman–Crippen MR) is 91.4 cm³/mol. The van der Waals surface area contributed by atoms with E-state index in [0.717, 1.165) is 21.4 Å². The number of urea groups is 1.